The van der Waals surface area contributed by atoms with E-state index in [1.54, 1.807) is 4.72 Å². The number of methoxy groups -OCH3 is 4. The Bertz CT molecular complexity index is 2210. The average Bonchev–Trinajstić information content (AvgIpc) is 3.13. The fourth-order valence-corrected chi connectivity index (χ4v) is 6.41. The normalized spacial score (nSPS) is 10.8. The minimum atomic E-state index is -4.18. The third-order valence-electron chi connectivity index (χ3n) is 6.53. The predicted molar refractivity (Wildman–Crippen MR) is 191 cm³/mol. The molecular weight excluding hydrogens is 773 g/mol. The first kappa shape index (κ1) is 42.6. The minimum Gasteiger partial charge on any atom is -0.481 e. The van der Waals surface area contributed by atoms with Gasteiger partial charge in [-0.1, -0.05) is 36.4 Å². The fraction of sp³-hybridized carbons (Fsp3) is 0.226. The summed E-state index contributed by atoms with van der Waals surface area (Å²) in [6.45, 7) is -0.448. The first-order chi connectivity index (χ1) is 26.0. The zero-order chi connectivity index (χ0) is 40.8. The molecule has 0 bridgehead atoms. The molecular formula is C31H34N8O14S2. The van der Waals surface area contributed by atoms with Gasteiger partial charge in [-0.3, -0.25) is 14.8 Å². The molecule has 6 N–H and O–H groups in total. The second kappa shape index (κ2) is 19.3. The average molecular weight is 807 g/mol. The van der Waals surface area contributed by atoms with Crippen molar-refractivity contribution in [3.05, 3.63) is 82.9 Å². The molecule has 4 aromatic rings. The van der Waals surface area contributed by atoms with Crippen LogP contribution in [0.15, 0.2) is 60.7 Å². The highest BCUT2D eigenvalue weighted by Gasteiger charge is 2.22. The molecule has 55 heavy (non-hydrogen) atoms. The van der Waals surface area contributed by atoms with Crippen LogP contribution < -0.4 is 39.0 Å². The number of hydrogen-bond acceptors (Lipinski definition) is 17. The maximum atomic E-state index is 12.2. The molecule has 3 amide bonds. The summed E-state index contributed by atoms with van der Waals surface area (Å²) < 4.78 is 72.1. The number of carbonyl (C=O) groups excluding carboxylic acids is 2. The number of anilines is 2. The lowest BCUT2D eigenvalue weighted by Gasteiger charge is -2.10. The van der Waals surface area contributed by atoms with Crippen LogP contribution in [0.1, 0.15) is 31.8 Å². The van der Waals surface area contributed by atoms with Crippen molar-refractivity contribution in [2.24, 2.45) is 0 Å². The lowest BCUT2D eigenvalue weighted by molar-refractivity contribution is -0.117. The zero-order valence-corrected chi connectivity index (χ0v) is 30.9. The Morgan fingerprint density at radius 2 is 0.982 bits per heavy atom. The van der Waals surface area contributed by atoms with E-state index in [1.807, 2.05) is 4.72 Å². The number of aromatic carboxylic acids is 2. The first-order valence-electron chi connectivity index (χ1n) is 15.1. The number of ether oxygens (including phenoxy) is 4. The summed E-state index contributed by atoms with van der Waals surface area (Å²) in [5.41, 5.74) is -0.242. The van der Waals surface area contributed by atoms with E-state index in [0.717, 1.165) is 0 Å². The summed E-state index contributed by atoms with van der Waals surface area (Å²) in [5.74, 6) is -4.46. The number of carbonyl (C=O) groups is 4. The standard InChI is InChI=1S/C16H18N4O7S.C15H16N4O7S/c1-26-13-7-14(27-2)19-16(18-13)17-8-12(21)20-28(24,25)9-10-5-3-4-6-11(10)15(22)23;1-25-11-7-12(26-2)17-14(16-11)18-15(22)19-27(23,24)8-9-5-3-4-6-10(9)13(20)21/h3-7H,8-9H2,1-2H3,(H,20,21)(H,22,23)(H,17,18,19);3-7H,8H2,1-2H3,(H,20,21)(H2,16,17,18,19,22). The van der Waals surface area contributed by atoms with Gasteiger partial charge in [-0.2, -0.15) is 19.9 Å². The molecule has 4 rings (SSSR count). The van der Waals surface area contributed by atoms with Crippen LogP contribution in [0, 0.1) is 0 Å². The Hall–Kier alpha value is -6.82. The van der Waals surface area contributed by atoms with E-state index < -0.39 is 62.0 Å². The quantitative estimate of drug-likeness (QED) is 0.0923. The van der Waals surface area contributed by atoms with Crippen LogP contribution in [0.5, 0.6) is 23.5 Å². The van der Waals surface area contributed by atoms with E-state index in [4.69, 9.17) is 29.2 Å². The third-order valence-corrected chi connectivity index (χ3v) is 8.95. The third kappa shape index (κ3) is 13.6. The molecule has 0 aliphatic heterocycles. The van der Waals surface area contributed by atoms with Gasteiger partial charge in [-0.15, -0.1) is 0 Å². The molecule has 2 heterocycles. The van der Waals surface area contributed by atoms with Gasteiger partial charge in [-0.05, 0) is 23.3 Å². The Labute approximate surface area is 313 Å². The van der Waals surface area contributed by atoms with Gasteiger partial charge in [0, 0.05) is 0 Å². The van der Waals surface area contributed by atoms with Crippen molar-refractivity contribution in [2.45, 2.75) is 11.5 Å². The lowest BCUT2D eigenvalue weighted by Crippen LogP contribution is -2.36. The largest absolute Gasteiger partial charge is 0.481 e. The van der Waals surface area contributed by atoms with Crippen LogP contribution >= 0.6 is 0 Å². The highest BCUT2D eigenvalue weighted by atomic mass is 32.2. The van der Waals surface area contributed by atoms with E-state index in [9.17, 15) is 36.0 Å². The summed E-state index contributed by atoms with van der Waals surface area (Å²) >= 11 is 0. The molecule has 0 radical (unpaired) electrons. The van der Waals surface area contributed by atoms with Crippen LogP contribution in [0.2, 0.25) is 0 Å². The Balaban J connectivity index is 0.000000296. The number of rotatable bonds is 16. The molecule has 22 nitrogen and oxygen atoms in total. The van der Waals surface area contributed by atoms with Gasteiger partial charge < -0.3 is 34.5 Å². The molecule has 0 saturated heterocycles. The minimum absolute atomic E-state index is 0.0000271. The van der Waals surface area contributed by atoms with Gasteiger partial charge in [-0.25, -0.2) is 35.9 Å². The number of carboxylic acids is 2. The highest BCUT2D eigenvalue weighted by Crippen LogP contribution is 2.19. The molecule has 0 fully saturated rings. The molecule has 0 spiro atoms. The lowest BCUT2D eigenvalue weighted by atomic mass is 10.1. The molecule has 0 saturated carbocycles. The second-order valence-corrected chi connectivity index (χ2v) is 13.9. The molecule has 2 aromatic heterocycles. The van der Waals surface area contributed by atoms with Crippen molar-refractivity contribution in [1.29, 1.82) is 0 Å². The van der Waals surface area contributed by atoms with Gasteiger partial charge in [0.1, 0.15) is 0 Å². The molecule has 0 aliphatic carbocycles. The maximum Gasteiger partial charge on any atom is 0.335 e. The number of aromatic nitrogens is 4. The molecule has 0 unspecified atom stereocenters. The van der Waals surface area contributed by atoms with Crippen LogP contribution in [0.4, 0.5) is 16.7 Å². The Morgan fingerprint density at radius 3 is 1.38 bits per heavy atom. The fourth-order valence-electron chi connectivity index (χ4n) is 4.19. The molecule has 2 aromatic carbocycles. The van der Waals surface area contributed by atoms with E-state index in [2.05, 4.69) is 30.6 Å². The maximum absolute atomic E-state index is 12.2. The number of amides is 3. The highest BCUT2D eigenvalue weighted by molar-refractivity contribution is 7.89. The number of nitrogens with one attached hydrogen (secondary N) is 4. The molecule has 24 heteroatoms. The first-order valence-corrected chi connectivity index (χ1v) is 18.4. The SMILES string of the molecule is COc1cc(OC)nc(NC(=O)NS(=O)(=O)Cc2ccccc2C(=O)O)n1.COc1cc(OC)nc(NCC(=O)NS(=O)(=O)Cc2ccccc2C(=O)O)n1. The number of sulfonamides is 2. The second-order valence-electron chi connectivity index (χ2n) is 10.4. The number of benzene rings is 2. The summed E-state index contributed by atoms with van der Waals surface area (Å²) in [5, 5.41) is 22.9. The predicted octanol–water partition coefficient (Wildman–Crippen LogP) is 1.09. The van der Waals surface area contributed by atoms with E-state index in [0.29, 0.717) is 0 Å². The van der Waals surface area contributed by atoms with Crippen molar-refractivity contribution in [3.8, 4) is 23.5 Å². The van der Waals surface area contributed by atoms with Crippen molar-refractivity contribution in [3.63, 3.8) is 0 Å². The van der Waals surface area contributed by atoms with E-state index >= 15 is 0 Å². The van der Waals surface area contributed by atoms with Gasteiger partial charge in [0.05, 0.1) is 69.7 Å². The van der Waals surface area contributed by atoms with Gasteiger partial charge in [0.15, 0.2) is 0 Å². The summed E-state index contributed by atoms with van der Waals surface area (Å²) in [6.07, 6.45) is 0. The monoisotopic (exact) mass is 806 g/mol. The molecule has 0 atom stereocenters. The van der Waals surface area contributed by atoms with Crippen molar-refractivity contribution >= 4 is 55.8 Å². The van der Waals surface area contributed by atoms with E-state index in [1.165, 1.54) is 89.1 Å². The van der Waals surface area contributed by atoms with Gasteiger partial charge >= 0.3 is 18.0 Å². The molecule has 0 aliphatic rings. The van der Waals surface area contributed by atoms with Crippen LogP contribution in [-0.2, 0) is 36.3 Å². The van der Waals surface area contributed by atoms with Crippen LogP contribution in [0.3, 0.4) is 0 Å². The number of nitrogens with zero attached hydrogens (tertiary/aromatic N) is 4. The summed E-state index contributed by atoms with van der Waals surface area (Å²) in [7, 11) is -2.83. The number of urea groups is 1. The Morgan fingerprint density at radius 1 is 0.600 bits per heavy atom. The molecule has 294 valence electrons. The van der Waals surface area contributed by atoms with Crippen molar-refractivity contribution < 1.29 is 65.2 Å². The number of carboxylic acid groups (broad SMARTS) is 2. The van der Waals surface area contributed by atoms with Gasteiger partial charge in [0.25, 0.3) is 5.91 Å². The topological polar surface area (TPSA) is 314 Å². The summed E-state index contributed by atoms with van der Waals surface area (Å²) in [6, 6.07) is 12.9. The smallest absolute Gasteiger partial charge is 0.335 e. The van der Waals surface area contributed by atoms with E-state index in [-0.39, 0.29) is 57.7 Å². The zero-order valence-electron chi connectivity index (χ0n) is 29.3. The summed E-state index contributed by atoms with van der Waals surface area (Å²) in [4.78, 5) is 61.8. The van der Waals surface area contributed by atoms with Crippen molar-refractivity contribution in [1.82, 2.24) is 29.4 Å². The van der Waals surface area contributed by atoms with Crippen LogP contribution in [0.25, 0.3) is 0 Å². The number of hydrogen-bond donors (Lipinski definition) is 6. The Kier molecular flexibility index (Phi) is 15.0. The van der Waals surface area contributed by atoms with Gasteiger partial charge in [0.2, 0.25) is 55.5 Å². The van der Waals surface area contributed by atoms with Crippen molar-refractivity contribution in [2.75, 3.05) is 45.6 Å². The van der Waals surface area contributed by atoms with Crippen LogP contribution in [-0.4, -0.2) is 106 Å².